The van der Waals surface area contributed by atoms with Crippen molar-refractivity contribution in [3.63, 3.8) is 0 Å². The van der Waals surface area contributed by atoms with E-state index in [0.29, 0.717) is 24.2 Å². The fourth-order valence-corrected chi connectivity index (χ4v) is 4.25. The van der Waals surface area contributed by atoms with Crippen LogP contribution in [0.5, 0.6) is 0 Å². The summed E-state index contributed by atoms with van der Waals surface area (Å²) in [4.78, 5) is 42.5. The summed E-state index contributed by atoms with van der Waals surface area (Å²) in [5.74, 6) is -0.903. The maximum Gasteiger partial charge on any atom is 0.257 e. The summed E-state index contributed by atoms with van der Waals surface area (Å²) in [5.41, 5.74) is 2.96. The molecule has 1 fully saturated rings. The van der Waals surface area contributed by atoms with Crippen molar-refractivity contribution in [1.29, 1.82) is 0 Å². The average molecular weight is 491 g/mol. The number of hydrogen-bond donors (Lipinski definition) is 0. The normalized spacial score (nSPS) is 15.8. The zero-order valence-electron chi connectivity index (χ0n) is 17.7. The van der Waals surface area contributed by atoms with E-state index in [-0.39, 0.29) is 24.1 Å². The lowest BCUT2D eigenvalue weighted by Gasteiger charge is -2.28. The van der Waals surface area contributed by atoms with Gasteiger partial charge in [0.25, 0.3) is 11.8 Å². The summed E-state index contributed by atoms with van der Waals surface area (Å²) in [7, 11) is 0. The van der Waals surface area contributed by atoms with Gasteiger partial charge in [-0.2, -0.15) is 0 Å². The van der Waals surface area contributed by atoms with Gasteiger partial charge in [0.05, 0.1) is 12.1 Å². The fraction of sp³-hybridized carbons (Fsp3) is 0.192. The van der Waals surface area contributed by atoms with E-state index in [1.165, 1.54) is 4.90 Å². The lowest BCUT2D eigenvalue weighted by Crippen LogP contribution is -2.46. The molecule has 162 valence electrons. The highest BCUT2D eigenvalue weighted by Gasteiger charge is 2.44. The molecule has 1 aliphatic rings. The van der Waals surface area contributed by atoms with E-state index in [0.717, 1.165) is 15.6 Å². The summed E-state index contributed by atoms with van der Waals surface area (Å²) in [5, 5.41) is 0. The topological polar surface area (TPSA) is 57.7 Å². The van der Waals surface area contributed by atoms with E-state index < -0.39 is 6.04 Å². The summed E-state index contributed by atoms with van der Waals surface area (Å²) in [6.07, 6.45) is 0.565. The van der Waals surface area contributed by atoms with Crippen molar-refractivity contribution in [3.05, 3.63) is 100 Å². The highest BCUT2D eigenvalue weighted by molar-refractivity contribution is 9.10. The molecule has 0 radical (unpaired) electrons. The second-order valence-electron chi connectivity index (χ2n) is 7.81. The molecule has 3 aromatic carbocycles. The largest absolute Gasteiger partial charge is 0.326 e. The van der Waals surface area contributed by atoms with Gasteiger partial charge in [0.15, 0.2) is 0 Å². The predicted octanol–water partition coefficient (Wildman–Crippen LogP) is 4.77. The van der Waals surface area contributed by atoms with Gasteiger partial charge in [0, 0.05) is 16.6 Å². The standard InChI is InChI=1S/C26H23BrN2O3/c1-18-7-5-6-10-22(18)25(31)28(16-15-19-8-3-2-4-9-19)23-17-24(30)29(26(23)32)21-13-11-20(27)12-14-21/h2-14,23H,15-17H2,1H3. The number of benzene rings is 3. The Bertz CT molecular complexity index is 1150. The number of aryl methyl sites for hydroxylation is 1. The van der Waals surface area contributed by atoms with Crippen LogP contribution in [-0.2, 0) is 16.0 Å². The number of hydrogen-bond acceptors (Lipinski definition) is 3. The first-order valence-corrected chi connectivity index (χ1v) is 11.3. The van der Waals surface area contributed by atoms with Gasteiger partial charge >= 0.3 is 0 Å². The molecule has 0 N–H and O–H groups in total. The van der Waals surface area contributed by atoms with Crippen molar-refractivity contribution < 1.29 is 14.4 Å². The van der Waals surface area contributed by atoms with E-state index >= 15 is 0 Å². The van der Waals surface area contributed by atoms with Crippen molar-refractivity contribution in [1.82, 2.24) is 4.90 Å². The Balaban J connectivity index is 1.65. The second kappa shape index (κ2) is 9.49. The van der Waals surface area contributed by atoms with Crippen LogP contribution in [0.25, 0.3) is 0 Å². The van der Waals surface area contributed by atoms with Crippen molar-refractivity contribution in [2.75, 3.05) is 11.4 Å². The number of rotatable bonds is 6. The highest BCUT2D eigenvalue weighted by Crippen LogP contribution is 2.28. The maximum atomic E-state index is 13.6. The third-order valence-electron chi connectivity index (χ3n) is 5.70. The molecule has 1 atom stereocenters. The number of halogens is 1. The SMILES string of the molecule is Cc1ccccc1C(=O)N(CCc1ccccc1)C1CC(=O)N(c2ccc(Br)cc2)C1=O. The Kier molecular flexibility index (Phi) is 6.51. The Morgan fingerprint density at radius 2 is 1.62 bits per heavy atom. The highest BCUT2D eigenvalue weighted by atomic mass is 79.9. The molecular weight excluding hydrogens is 468 g/mol. The van der Waals surface area contributed by atoms with Crippen LogP contribution >= 0.6 is 15.9 Å². The van der Waals surface area contributed by atoms with Crippen molar-refractivity contribution in [2.45, 2.75) is 25.8 Å². The zero-order chi connectivity index (χ0) is 22.7. The van der Waals surface area contributed by atoms with Crippen molar-refractivity contribution in [2.24, 2.45) is 0 Å². The van der Waals surface area contributed by atoms with Gasteiger partial charge in [-0.25, -0.2) is 4.90 Å². The molecule has 4 rings (SSSR count). The minimum Gasteiger partial charge on any atom is -0.326 e. The van der Waals surface area contributed by atoms with Crippen molar-refractivity contribution in [3.8, 4) is 0 Å². The van der Waals surface area contributed by atoms with Crippen LogP contribution in [0, 0.1) is 6.92 Å². The van der Waals surface area contributed by atoms with Crippen LogP contribution in [0.15, 0.2) is 83.3 Å². The monoisotopic (exact) mass is 490 g/mol. The minimum absolute atomic E-state index is 0.0265. The first kappa shape index (κ1) is 22.0. The zero-order valence-corrected chi connectivity index (χ0v) is 19.3. The molecule has 1 aliphatic heterocycles. The van der Waals surface area contributed by atoms with E-state index in [4.69, 9.17) is 0 Å². The second-order valence-corrected chi connectivity index (χ2v) is 8.73. The molecule has 6 heteroatoms. The molecule has 0 aromatic heterocycles. The number of imide groups is 1. The van der Waals surface area contributed by atoms with Gasteiger partial charge in [0.2, 0.25) is 5.91 Å². The van der Waals surface area contributed by atoms with Crippen LogP contribution in [0.1, 0.15) is 27.9 Å². The van der Waals surface area contributed by atoms with Gasteiger partial charge in [-0.3, -0.25) is 14.4 Å². The predicted molar refractivity (Wildman–Crippen MR) is 127 cm³/mol. The van der Waals surface area contributed by atoms with Crippen molar-refractivity contribution >= 4 is 39.3 Å². The summed E-state index contributed by atoms with van der Waals surface area (Å²) in [6.45, 7) is 2.22. The van der Waals surface area contributed by atoms with Crippen LogP contribution < -0.4 is 4.90 Å². The molecule has 32 heavy (non-hydrogen) atoms. The molecule has 1 heterocycles. The first-order valence-electron chi connectivity index (χ1n) is 10.5. The quantitative estimate of drug-likeness (QED) is 0.467. The van der Waals surface area contributed by atoms with Gasteiger partial charge in [0.1, 0.15) is 6.04 Å². The number of nitrogens with zero attached hydrogens (tertiary/aromatic N) is 2. The average Bonchev–Trinajstić information content (AvgIpc) is 3.09. The van der Waals surface area contributed by atoms with Crippen LogP contribution in [0.2, 0.25) is 0 Å². The van der Waals surface area contributed by atoms with Gasteiger partial charge in [-0.05, 0) is 54.8 Å². The molecule has 0 saturated carbocycles. The van der Waals surface area contributed by atoms with Crippen LogP contribution in [0.4, 0.5) is 5.69 Å². The number of carbonyl (C=O) groups is 3. The number of anilines is 1. The Hall–Kier alpha value is -3.25. The molecule has 1 unspecified atom stereocenters. The lowest BCUT2D eigenvalue weighted by molar-refractivity contribution is -0.122. The summed E-state index contributed by atoms with van der Waals surface area (Å²) < 4.78 is 0.858. The first-order chi connectivity index (χ1) is 15.5. The molecule has 5 nitrogen and oxygen atoms in total. The Morgan fingerprint density at radius 1 is 0.969 bits per heavy atom. The van der Waals surface area contributed by atoms with Gasteiger partial charge in [-0.15, -0.1) is 0 Å². The van der Waals surface area contributed by atoms with E-state index in [9.17, 15) is 14.4 Å². The number of carbonyl (C=O) groups excluding carboxylic acids is 3. The Labute approximate surface area is 195 Å². The summed E-state index contributed by atoms with van der Waals surface area (Å²) in [6, 6.07) is 23.3. The van der Waals surface area contributed by atoms with Crippen LogP contribution in [-0.4, -0.2) is 35.2 Å². The maximum absolute atomic E-state index is 13.6. The molecule has 0 bridgehead atoms. The molecule has 3 aromatic rings. The molecular formula is C26H23BrN2O3. The van der Waals surface area contributed by atoms with Crippen LogP contribution in [0.3, 0.4) is 0 Å². The molecule has 1 saturated heterocycles. The summed E-state index contributed by atoms with van der Waals surface area (Å²) >= 11 is 3.37. The lowest BCUT2D eigenvalue weighted by atomic mass is 10.0. The third-order valence-corrected chi connectivity index (χ3v) is 6.23. The third kappa shape index (κ3) is 4.50. The van der Waals surface area contributed by atoms with E-state index in [1.54, 1.807) is 35.2 Å². The molecule has 0 spiro atoms. The van der Waals surface area contributed by atoms with E-state index in [2.05, 4.69) is 15.9 Å². The molecule has 0 aliphatic carbocycles. The van der Waals surface area contributed by atoms with Gasteiger partial charge in [-0.1, -0.05) is 64.5 Å². The number of amides is 3. The van der Waals surface area contributed by atoms with Gasteiger partial charge < -0.3 is 4.90 Å². The minimum atomic E-state index is -0.832. The Morgan fingerprint density at radius 3 is 2.31 bits per heavy atom. The fourth-order valence-electron chi connectivity index (χ4n) is 3.98. The van der Waals surface area contributed by atoms with E-state index in [1.807, 2.05) is 55.5 Å². The smallest absolute Gasteiger partial charge is 0.257 e. The molecule has 3 amide bonds.